The van der Waals surface area contributed by atoms with E-state index in [1.165, 1.54) is 17.7 Å². The minimum atomic E-state index is -0.171. The highest BCUT2D eigenvalue weighted by Gasteiger charge is 2.24. The van der Waals surface area contributed by atoms with E-state index in [-0.39, 0.29) is 5.82 Å². The van der Waals surface area contributed by atoms with E-state index < -0.39 is 0 Å². The minimum Gasteiger partial charge on any atom is -0.380 e. The molecule has 2 rings (SSSR count). The van der Waals surface area contributed by atoms with Crippen LogP contribution in [0.4, 0.5) is 4.39 Å². The van der Waals surface area contributed by atoms with Gasteiger partial charge < -0.3 is 9.64 Å². The summed E-state index contributed by atoms with van der Waals surface area (Å²) in [5, 5.41) is 0. The molecule has 1 fully saturated rings. The van der Waals surface area contributed by atoms with E-state index in [1.54, 1.807) is 0 Å². The number of rotatable bonds is 3. The quantitative estimate of drug-likeness (QED) is 0.801. The molecule has 1 aromatic rings. The van der Waals surface area contributed by atoms with Gasteiger partial charge in [0.2, 0.25) is 0 Å². The largest absolute Gasteiger partial charge is 0.380 e. The molecule has 0 N–H and O–H groups in total. The zero-order chi connectivity index (χ0) is 12.3. The summed E-state index contributed by atoms with van der Waals surface area (Å²) in [6.45, 7) is 2.66. The van der Waals surface area contributed by atoms with Gasteiger partial charge in [-0.1, -0.05) is 12.1 Å². The average molecular weight is 237 g/mol. The maximum atomic E-state index is 12.9. The van der Waals surface area contributed by atoms with Crippen molar-refractivity contribution < 1.29 is 9.13 Å². The van der Waals surface area contributed by atoms with Crippen molar-refractivity contribution in [2.45, 2.75) is 12.3 Å². The summed E-state index contributed by atoms with van der Waals surface area (Å²) < 4.78 is 18.5. The van der Waals surface area contributed by atoms with Crippen molar-refractivity contribution in [3.8, 4) is 0 Å². The third-order valence-corrected chi connectivity index (χ3v) is 3.26. The molecule has 0 spiro atoms. The summed E-state index contributed by atoms with van der Waals surface area (Å²) in [5.41, 5.74) is 1.19. The van der Waals surface area contributed by atoms with Gasteiger partial charge in [-0.05, 0) is 44.1 Å². The number of halogens is 1. The Kier molecular flexibility index (Phi) is 4.13. The van der Waals surface area contributed by atoms with E-state index in [0.717, 1.165) is 26.2 Å². The molecule has 0 amide bonds. The summed E-state index contributed by atoms with van der Waals surface area (Å²) in [6.07, 6.45) is 1.13. The molecule has 3 heteroatoms. The van der Waals surface area contributed by atoms with Gasteiger partial charge in [-0.25, -0.2) is 4.39 Å². The second-order valence-electron chi connectivity index (χ2n) is 5.15. The molecule has 1 aliphatic rings. The van der Waals surface area contributed by atoms with Crippen LogP contribution < -0.4 is 0 Å². The van der Waals surface area contributed by atoms with Gasteiger partial charge in [0.15, 0.2) is 0 Å². The molecule has 1 aliphatic heterocycles. The average Bonchev–Trinajstić information content (AvgIpc) is 2.29. The number of nitrogens with zero attached hydrogens (tertiary/aromatic N) is 1. The summed E-state index contributed by atoms with van der Waals surface area (Å²) in [5.74, 6) is 0.818. The first-order valence-corrected chi connectivity index (χ1v) is 6.13. The maximum Gasteiger partial charge on any atom is 0.123 e. The van der Waals surface area contributed by atoms with Crippen LogP contribution >= 0.6 is 0 Å². The van der Waals surface area contributed by atoms with Crippen LogP contribution in [0, 0.1) is 11.7 Å². The molecule has 1 aromatic carbocycles. The molecule has 1 heterocycles. The van der Waals surface area contributed by atoms with Gasteiger partial charge >= 0.3 is 0 Å². The first-order valence-electron chi connectivity index (χ1n) is 6.13. The molecule has 17 heavy (non-hydrogen) atoms. The van der Waals surface area contributed by atoms with Crippen molar-refractivity contribution in [3.63, 3.8) is 0 Å². The standard InChI is InChI=1S/C14H20FNO/c1-16(2)8-11-7-13(10-17-9-11)12-3-5-14(15)6-4-12/h3-6,11,13H,7-10H2,1-2H3/t11-,13?/m1/s1. The van der Waals surface area contributed by atoms with E-state index in [9.17, 15) is 4.39 Å². The molecule has 0 radical (unpaired) electrons. The first-order chi connectivity index (χ1) is 8.15. The molecule has 1 saturated heterocycles. The Morgan fingerprint density at radius 3 is 2.59 bits per heavy atom. The van der Waals surface area contributed by atoms with Gasteiger partial charge in [0, 0.05) is 12.5 Å². The summed E-state index contributed by atoms with van der Waals surface area (Å²) in [7, 11) is 4.17. The predicted molar refractivity (Wildman–Crippen MR) is 66.6 cm³/mol. The van der Waals surface area contributed by atoms with E-state index in [0.29, 0.717) is 11.8 Å². The normalized spacial score (nSPS) is 25.2. The Labute approximate surface area is 102 Å². The number of hydrogen-bond acceptors (Lipinski definition) is 2. The SMILES string of the molecule is CN(C)C[C@@H]1COCC(c2ccc(F)cc2)C1. The molecule has 0 aliphatic carbocycles. The zero-order valence-corrected chi connectivity index (χ0v) is 10.5. The van der Waals surface area contributed by atoms with Crippen molar-refractivity contribution in [3.05, 3.63) is 35.6 Å². The van der Waals surface area contributed by atoms with Crippen LogP contribution in [-0.4, -0.2) is 38.8 Å². The van der Waals surface area contributed by atoms with Crippen LogP contribution in [0.5, 0.6) is 0 Å². The van der Waals surface area contributed by atoms with Gasteiger partial charge in [-0.2, -0.15) is 0 Å². The van der Waals surface area contributed by atoms with Crippen molar-refractivity contribution in [2.75, 3.05) is 33.9 Å². The number of hydrogen-bond donors (Lipinski definition) is 0. The van der Waals surface area contributed by atoms with Crippen molar-refractivity contribution in [2.24, 2.45) is 5.92 Å². The van der Waals surface area contributed by atoms with E-state index in [1.807, 2.05) is 12.1 Å². The van der Waals surface area contributed by atoms with Crippen LogP contribution in [0.1, 0.15) is 17.9 Å². The maximum absolute atomic E-state index is 12.9. The molecule has 0 saturated carbocycles. The molecule has 2 nitrogen and oxygen atoms in total. The fourth-order valence-corrected chi connectivity index (χ4v) is 2.53. The molecule has 94 valence electrons. The minimum absolute atomic E-state index is 0.171. The topological polar surface area (TPSA) is 12.5 Å². The molecule has 1 unspecified atom stereocenters. The fraction of sp³-hybridized carbons (Fsp3) is 0.571. The lowest BCUT2D eigenvalue weighted by atomic mass is 9.87. The highest BCUT2D eigenvalue weighted by molar-refractivity contribution is 5.21. The van der Waals surface area contributed by atoms with Gasteiger partial charge in [-0.3, -0.25) is 0 Å². The molecule has 0 bridgehead atoms. The zero-order valence-electron chi connectivity index (χ0n) is 10.5. The van der Waals surface area contributed by atoms with Crippen LogP contribution in [0.3, 0.4) is 0 Å². The molecule has 0 aromatic heterocycles. The Morgan fingerprint density at radius 2 is 1.94 bits per heavy atom. The number of ether oxygens (including phenoxy) is 1. The highest BCUT2D eigenvalue weighted by Crippen LogP contribution is 2.29. The van der Waals surface area contributed by atoms with Crippen molar-refractivity contribution >= 4 is 0 Å². The molecular formula is C14H20FNO. The van der Waals surface area contributed by atoms with Crippen molar-refractivity contribution in [1.82, 2.24) is 4.90 Å². The summed E-state index contributed by atoms with van der Waals surface area (Å²) in [4.78, 5) is 2.20. The van der Waals surface area contributed by atoms with Crippen LogP contribution in [0.2, 0.25) is 0 Å². The lowest BCUT2D eigenvalue weighted by Gasteiger charge is -2.31. The summed E-state index contributed by atoms with van der Waals surface area (Å²) in [6, 6.07) is 6.82. The Bertz CT molecular complexity index is 350. The second-order valence-corrected chi connectivity index (χ2v) is 5.15. The lowest BCUT2D eigenvalue weighted by molar-refractivity contribution is 0.0301. The van der Waals surface area contributed by atoms with Crippen LogP contribution in [-0.2, 0) is 4.74 Å². The van der Waals surface area contributed by atoms with E-state index in [4.69, 9.17) is 4.74 Å². The van der Waals surface area contributed by atoms with Gasteiger partial charge in [-0.15, -0.1) is 0 Å². The second kappa shape index (κ2) is 5.61. The van der Waals surface area contributed by atoms with E-state index >= 15 is 0 Å². The van der Waals surface area contributed by atoms with Crippen molar-refractivity contribution in [1.29, 1.82) is 0 Å². The Morgan fingerprint density at radius 1 is 1.24 bits per heavy atom. The lowest BCUT2D eigenvalue weighted by Crippen LogP contribution is -2.31. The van der Waals surface area contributed by atoms with Gasteiger partial charge in [0.05, 0.1) is 13.2 Å². The van der Waals surface area contributed by atoms with Crippen LogP contribution in [0.15, 0.2) is 24.3 Å². The van der Waals surface area contributed by atoms with Crippen LogP contribution in [0.25, 0.3) is 0 Å². The smallest absolute Gasteiger partial charge is 0.123 e. The highest BCUT2D eigenvalue weighted by atomic mass is 19.1. The number of benzene rings is 1. The third kappa shape index (κ3) is 3.51. The van der Waals surface area contributed by atoms with Gasteiger partial charge in [0.25, 0.3) is 0 Å². The third-order valence-electron chi connectivity index (χ3n) is 3.26. The Balaban J connectivity index is 1.99. The predicted octanol–water partition coefficient (Wildman–Crippen LogP) is 2.51. The summed E-state index contributed by atoms with van der Waals surface area (Å²) >= 11 is 0. The first kappa shape index (κ1) is 12.5. The van der Waals surface area contributed by atoms with Gasteiger partial charge in [0.1, 0.15) is 5.82 Å². The molecule has 2 atom stereocenters. The molecular weight excluding hydrogens is 217 g/mol. The fourth-order valence-electron chi connectivity index (χ4n) is 2.53. The van der Waals surface area contributed by atoms with E-state index in [2.05, 4.69) is 19.0 Å². The Hall–Kier alpha value is -0.930. The monoisotopic (exact) mass is 237 g/mol.